The molecule has 0 fully saturated rings. The Kier molecular flexibility index (Phi) is 6.29. The van der Waals surface area contributed by atoms with Gasteiger partial charge < -0.3 is 10.6 Å². The van der Waals surface area contributed by atoms with E-state index in [0.29, 0.717) is 11.1 Å². The monoisotopic (exact) mass is 439 g/mol. The summed E-state index contributed by atoms with van der Waals surface area (Å²) in [6.45, 7) is 0. The number of hydrogen-bond acceptors (Lipinski definition) is 3. The van der Waals surface area contributed by atoms with E-state index in [2.05, 4.69) is 31.5 Å². The third kappa shape index (κ3) is 5.34. The lowest BCUT2D eigenvalue weighted by Gasteiger charge is -2.11. The summed E-state index contributed by atoms with van der Waals surface area (Å²) in [4.78, 5) is 29.3. The normalized spacial score (nSPS) is 11.0. The van der Waals surface area contributed by atoms with Gasteiger partial charge in [-0.15, -0.1) is 0 Å². The molecule has 0 aliphatic rings. The maximum atomic E-state index is 13.4. The number of carbonyl (C=O) groups excluding carboxylic acids is 2. The van der Waals surface area contributed by atoms with Crippen molar-refractivity contribution in [1.29, 1.82) is 0 Å². The Labute approximate surface area is 169 Å². The molecule has 0 bridgehead atoms. The Morgan fingerprint density at radius 3 is 2.57 bits per heavy atom. The van der Waals surface area contributed by atoms with Gasteiger partial charge in [0, 0.05) is 28.1 Å². The number of carbonyl (C=O) groups is 2. The van der Waals surface area contributed by atoms with E-state index in [9.17, 15) is 14.0 Å². The minimum Gasteiger partial charge on any atom is -0.321 e. The van der Waals surface area contributed by atoms with Crippen LogP contribution >= 0.6 is 15.9 Å². The smallest absolute Gasteiger partial charge is 0.272 e. The number of amides is 2. The van der Waals surface area contributed by atoms with Crippen molar-refractivity contribution in [1.82, 2.24) is 10.3 Å². The highest BCUT2D eigenvalue weighted by molar-refractivity contribution is 9.10. The number of halogens is 2. The fraction of sp³-hybridized carbons (Fsp3) is 0. The summed E-state index contributed by atoms with van der Waals surface area (Å²) < 4.78 is 14.1. The average Bonchev–Trinajstić information content (AvgIpc) is 2.68. The minimum atomic E-state index is -0.585. The summed E-state index contributed by atoms with van der Waals surface area (Å²) in [5.74, 6) is -1.52. The van der Waals surface area contributed by atoms with Crippen LogP contribution in [0.25, 0.3) is 6.08 Å². The van der Waals surface area contributed by atoms with Crippen LogP contribution in [0.5, 0.6) is 0 Å². The zero-order valence-corrected chi connectivity index (χ0v) is 16.1. The summed E-state index contributed by atoms with van der Waals surface area (Å²) >= 11 is 3.31. The van der Waals surface area contributed by atoms with Crippen molar-refractivity contribution in [3.63, 3.8) is 0 Å². The van der Waals surface area contributed by atoms with E-state index in [1.807, 2.05) is 0 Å². The van der Waals surface area contributed by atoms with Crippen LogP contribution in [0.1, 0.15) is 15.9 Å². The molecular formula is C21H15BrFN3O2. The summed E-state index contributed by atoms with van der Waals surface area (Å²) in [6, 6.07) is 15.7. The Bertz CT molecular complexity index is 1040. The Balaban J connectivity index is 1.87. The molecule has 7 heteroatoms. The summed E-state index contributed by atoms with van der Waals surface area (Å²) in [7, 11) is 0. The first kappa shape index (κ1) is 19.4. The number of pyridine rings is 1. The molecule has 28 heavy (non-hydrogen) atoms. The molecule has 3 aromatic rings. The van der Waals surface area contributed by atoms with Gasteiger partial charge in [-0.2, -0.15) is 0 Å². The third-order valence-corrected chi connectivity index (χ3v) is 4.15. The van der Waals surface area contributed by atoms with Crippen molar-refractivity contribution in [2.75, 3.05) is 5.32 Å². The van der Waals surface area contributed by atoms with E-state index in [1.165, 1.54) is 24.3 Å². The molecule has 0 spiro atoms. The van der Waals surface area contributed by atoms with Crippen molar-refractivity contribution in [2.24, 2.45) is 0 Å². The van der Waals surface area contributed by atoms with Crippen LogP contribution in [-0.4, -0.2) is 16.8 Å². The fourth-order valence-electron chi connectivity index (χ4n) is 2.38. The van der Waals surface area contributed by atoms with Gasteiger partial charge in [0.05, 0.1) is 0 Å². The molecule has 2 amide bonds. The van der Waals surface area contributed by atoms with E-state index in [-0.39, 0.29) is 11.4 Å². The van der Waals surface area contributed by atoms with Crippen molar-refractivity contribution >= 4 is 39.5 Å². The van der Waals surface area contributed by atoms with Crippen LogP contribution in [0.15, 0.2) is 83.2 Å². The maximum absolute atomic E-state index is 13.4. The number of aromatic nitrogens is 1. The highest BCUT2D eigenvalue weighted by Gasteiger charge is 2.15. The second kappa shape index (κ2) is 9.05. The SMILES string of the molecule is O=C(Nc1cccc(F)c1)/C(=C\c1cccnc1)NC(=O)c1cccc(Br)c1. The summed E-state index contributed by atoms with van der Waals surface area (Å²) in [5.41, 5.74) is 1.28. The topological polar surface area (TPSA) is 71.1 Å². The molecular weight excluding hydrogens is 425 g/mol. The lowest BCUT2D eigenvalue weighted by atomic mass is 10.2. The molecule has 140 valence electrons. The van der Waals surface area contributed by atoms with Crippen LogP contribution in [0.4, 0.5) is 10.1 Å². The van der Waals surface area contributed by atoms with E-state index in [1.54, 1.807) is 54.9 Å². The van der Waals surface area contributed by atoms with Gasteiger partial charge in [0.2, 0.25) is 0 Å². The van der Waals surface area contributed by atoms with E-state index in [0.717, 1.165) is 4.47 Å². The number of benzene rings is 2. The molecule has 0 radical (unpaired) electrons. The van der Waals surface area contributed by atoms with Gasteiger partial charge in [-0.3, -0.25) is 14.6 Å². The van der Waals surface area contributed by atoms with Crippen molar-refractivity contribution in [3.8, 4) is 0 Å². The summed E-state index contributed by atoms with van der Waals surface area (Å²) in [6.07, 6.45) is 4.65. The van der Waals surface area contributed by atoms with Crippen LogP contribution in [0.3, 0.4) is 0 Å². The van der Waals surface area contributed by atoms with Crippen LogP contribution < -0.4 is 10.6 Å². The van der Waals surface area contributed by atoms with Gasteiger partial charge in [0.15, 0.2) is 0 Å². The molecule has 0 saturated heterocycles. The third-order valence-electron chi connectivity index (χ3n) is 3.66. The largest absolute Gasteiger partial charge is 0.321 e. The van der Waals surface area contributed by atoms with Crippen LogP contribution in [0, 0.1) is 5.82 Å². The molecule has 2 aromatic carbocycles. The van der Waals surface area contributed by atoms with Crippen molar-refractivity contribution < 1.29 is 14.0 Å². The second-order valence-corrected chi connectivity index (χ2v) is 6.69. The van der Waals surface area contributed by atoms with Gasteiger partial charge in [-0.1, -0.05) is 34.1 Å². The quantitative estimate of drug-likeness (QED) is 0.579. The maximum Gasteiger partial charge on any atom is 0.272 e. The van der Waals surface area contributed by atoms with Gasteiger partial charge in [0.1, 0.15) is 11.5 Å². The van der Waals surface area contributed by atoms with Gasteiger partial charge >= 0.3 is 0 Å². The van der Waals surface area contributed by atoms with Gasteiger partial charge in [0.25, 0.3) is 11.8 Å². The Morgan fingerprint density at radius 1 is 1.04 bits per heavy atom. The lowest BCUT2D eigenvalue weighted by molar-refractivity contribution is -0.113. The Hall–Kier alpha value is -3.32. The number of nitrogens with zero attached hydrogens (tertiary/aromatic N) is 1. The highest BCUT2D eigenvalue weighted by Crippen LogP contribution is 2.14. The average molecular weight is 440 g/mol. The zero-order chi connectivity index (χ0) is 19.9. The highest BCUT2D eigenvalue weighted by atomic mass is 79.9. The molecule has 3 rings (SSSR count). The zero-order valence-electron chi connectivity index (χ0n) is 14.5. The number of rotatable bonds is 5. The summed E-state index contributed by atoms with van der Waals surface area (Å²) in [5, 5.41) is 5.19. The second-order valence-electron chi connectivity index (χ2n) is 5.77. The number of hydrogen-bond donors (Lipinski definition) is 2. The van der Waals surface area contributed by atoms with Gasteiger partial charge in [-0.05, 0) is 54.1 Å². The molecule has 1 aromatic heterocycles. The van der Waals surface area contributed by atoms with E-state index in [4.69, 9.17) is 0 Å². The first-order valence-corrected chi connectivity index (χ1v) is 9.06. The van der Waals surface area contributed by atoms with Crippen LogP contribution in [0.2, 0.25) is 0 Å². The molecule has 0 aliphatic carbocycles. The number of nitrogens with one attached hydrogen (secondary N) is 2. The van der Waals surface area contributed by atoms with Crippen molar-refractivity contribution in [2.45, 2.75) is 0 Å². The molecule has 0 unspecified atom stereocenters. The molecule has 0 aliphatic heterocycles. The predicted octanol–water partition coefficient (Wildman–Crippen LogP) is 4.39. The predicted molar refractivity (Wildman–Crippen MR) is 109 cm³/mol. The molecule has 1 heterocycles. The van der Waals surface area contributed by atoms with E-state index < -0.39 is 17.6 Å². The first-order chi connectivity index (χ1) is 13.5. The Morgan fingerprint density at radius 2 is 1.86 bits per heavy atom. The van der Waals surface area contributed by atoms with E-state index >= 15 is 0 Å². The molecule has 5 nitrogen and oxygen atoms in total. The lowest BCUT2D eigenvalue weighted by Crippen LogP contribution is -2.30. The van der Waals surface area contributed by atoms with Crippen LogP contribution in [-0.2, 0) is 4.79 Å². The first-order valence-electron chi connectivity index (χ1n) is 8.27. The van der Waals surface area contributed by atoms with Gasteiger partial charge in [-0.25, -0.2) is 4.39 Å². The molecule has 0 saturated carbocycles. The standard InChI is InChI=1S/C21H15BrFN3O2/c22-16-6-1-5-15(11-16)20(27)26-19(10-14-4-3-9-24-13-14)21(28)25-18-8-2-7-17(23)12-18/h1-13H,(H,25,28)(H,26,27)/b19-10+. The fourth-order valence-corrected chi connectivity index (χ4v) is 2.77. The molecule has 2 N–H and O–H groups in total. The van der Waals surface area contributed by atoms with Crippen molar-refractivity contribution in [3.05, 3.63) is 100 Å². The minimum absolute atomic E-state index is 0.00207. The number of anilines is 1. The molecule has 0 atom stereocenters.